The molecule has 20 heavy (non-hydrogen) atoms. The van der Waals surface area contributed by atoms with Crippen molar-refractivity contribution in [1.29, 1.82) is 0 Å². The van der Waals surface area contributed by atoms with Crippen LogP contribution in [0, 0.1) is 5.82 Å². The van der Waals surface area contributed by atoms with E-state index in [4.69, 9.17) is 10.3 Å². The Morgan fingerprint density at radius 2 is 2.15 bits per heavy atom. The summed E-state index contributed by atoms with van der Waals surface area (Å²) in [7, 11) is 0. The topological polar surface area (TPSA) is 64.1 Å². The lowest BCUT2D eigenvalue weighted by Crippen LogP contribution is -2.29. The number of fused-ring (bicyclic) bond motifs is 1. The van der Waals surface area contributed by atoms with Crippen molar-refractivity contribution in [3.8, 4) is 0 Å². The Balaban J connectivity index is 2.12. The van der Waals surface area contributed by atoms with Crippen LogP contribution in [0.4, 0.5) is 4.39 Å². The van der Waals surface area contributed by atoms with Gasteiger partial charge in [0.05, 0.1) is 5.69 Å². The van der Waals surface area contributed by atoms with E-state index in [0.717, 1.165) is 4.47 Å². The number of pyridine rings is 1. The maximum Gasteiger partial charge on any atom is 0.169 e. The van der Waals surface area contributed by atoms with Crippen molar-refractivity contribution < 1.29 is 8.81 Å². The summed E-state index contributed by atoms with van der Waals surface area (Å²) in [6.45, 7) is 0. The van der Waals surface area contributed by atoms with Gasteiger partial charge in [0.15, 0.2) is 11.4 Å². The Bertz CT molecular complexity index is 759. The minimum Gasteiger partial charge on any atom is -0.456 e. The van der Waals surface area contributed by atoms with Crippen LogP contribution >= 0.6 is 15.9 Å². The van der Waals surface area contributed by atoms with Gasteiger partial charge in [0, 0.05) is 16.1 Å². The van der Waals surface area contributed by atoms with Gasteiger partial charge in [-0.15, -0.1) is 0 Å². The molecule has 3 rings (SSSR count). The van der Waals surface area contributed by atoms with Crippen LogP contribution in [0.25, 0.3) is 11.0 Å². The number of nitrogens with two attached hydrogens (primary N) is 1. The van der Waals surface area contributed by atoms with E-state index in [-0.39, 0.29) is 5.58 Å². The fraction of sp³-hybridized carbons (Fsp3) is 0.0714. The maximum absolute atomic E-state index is 13.7. The lowest BCUT2D eigenvalue weighted by molar-refractivity contribution is 0.459. The smallest absolute Gasteiger partial charge is 0.169 e. The van der Waals surface area contributed by atoms with E-state index in [1.807, 2.05) is 6.07 Å². The molecule has 1 unspecified atom stereocenters. The second kappa shape index (κ2) is 5.32. The highest BCUT2D eigenvalue weighted by molar-refractivity contribution is 9.10. The second-order valence-electron chi connectivity index (χ2n) is 4.28. The first-order valence-electron chi connectivity index (χ1n) is 5.95. The number of hydrogen-bond donors (Lipinski definition) is 2. The Morgan fingerprint density at radius 3 is 2.85 bits per heavy atom. The summed E-state index contributed by atoms with van der Waals surface area (Å²) in [6.07, 6.45) is 1.66. The third-order valence-electron chi connectivity index (χ3n) is 3.03. The van der Waals surface area contributed by atoms with E-state index in [0.29, 0.717) is 16.8 Å². The average Bonchev–Trinajstić information content (AvgIpc) is 2.87. The monoisotopic (exact) mass is 335 g/mol. The van der Waals surface area contributed by atoms with Gasteiger partial charge < -0.3 is 4.42 Å². The van der Waals surface area contributed by atoms with Crippen molar-refractivity contribution in [3.63, 3.8) is 0 Å². The lowest BCUT2D eigenvalue weighted by atomic mass is 10.1. The fourth-order valence-corrected chi connectivity index (χ4v) is 2.58. The zero-order valence-electron chi connectivity index (χ0n) is 10.3. The number of benzene rings is 1. The highest BCUT2D eigenvalue weighted by atomic mass is 79.9. The van der Waals surface area contributed by atoms with E-state index in [2.05, 4.69) is 26.3 Å². The Hall–Kier alpha value is -1.76. The molecular weight excluding hydrogens is 325 g/mol. The third kappa shape index (κ3) is 2.22. The van der Waals surface area contributed by atoms with Gasteiger partial charge in [0.2, 0.25) is 0 Å². The largest absolute Gasteiger partial charge is 0.456 e. The first-order chi connectivity index (χ1) is 9.70. The van der Waals surface area contributed by atoms with Gasteiger partial charge in [0.1, 0.15) is 11.8 Å². The molecule has 2 heterocycles. The van der Waals surface area contributed by atoms with Crippen molar-refractivity contribution in [1.82, 2.24) is 10.4 Å². The molecule has 102 valence electrons. The molecular formula is C14H11BrFN3O. The first kappa shape index (κ1) is 13.2. The van der Waals surface area contributed by atoms with Gasteiger partial charge in [-0.2, -0.15) is 0 Å². The van der Waals surface area contributed by atoms with Crippen LogP contribution in [-0.2, 0) is 0 Å². The molecule has 1 aromatic carbocycles. The molecule has 0 radical (unpaired) electrons. The molecule has 1 atom stereocenters. The number of aromatic nitrogens is 1. The third-order valence-corrected chi connectivity index (χ3v) is 3.70. The van der Waals surface area contributed by atoms with Crippen molar-refractivity contribution in [3.05, 3.63) is 64.3 Å². The molecule has 0 aliphatic heterocycles. The van der Waals surface area contributed by atoms with E-state index in [9.17, 15) is 4.39 Å². The molecule has 3 N–H and O–H groups in total. The minimum absolute atomic E-state index is 0.217. The lowest BCUT2D eigenvalue weighted by Gasteiger charge is -2.13. The van der Waals surface area contributed by atoms with Crippen LogP contribution in [0.3, 0.4) is 0 Å². The number of nitrogens with one attached hydrogen (secondary N) is 1. The normalized spacial score (nSPS) is 12.8. The summed E-state index contributed by atoms with van der Waals surface area (Å²) < 4.78 is 20.1. The summed E-state index contributed by atoms with van der Waals surface area (Å²) in [5, 5.41) is 0.687. The molecule has 0 bridgehead atoms. The van der Waals surface area contributed by atoms with Crippen LogP contribution in [0.5, 0.6) is 0 Å². The van der Waals surface area contributed by atoms with Crippen molar-refractivity contribution in [2.75, 3.05) is 0 Å². The predicted octanol–water partition coefficient (Wildman–Crippen LogP) is 3.28. The van der Waals surface area contributed by atoms with Gasteiger partial charge in [-0.3, -0.25) is 10.8 Å². The molecule has 0 aliphatic carbocycles. The van der Waals surface area contributed by atoms with Gasteiger partial charge in [-0.1, -0.05) is 12.1 Å². The number of hydrazine groups is 1. The molecule has 0 amide bonds. The van der Waals surface area contributed by atoms with E-state index < -0.39 is 11.9 Å². The zero-order valence-corrected chi connectivity index (χ0v) is 11.9. The number of rotatable bonds is 3. The van der Waals surface area contributed by atoms with Crippen LogP contribution in [0.2, 0.25) is 0 Å². The van der Waals surface area contributed by atoms with Crippen LogP contribution in [0.1, 0.15) is 17.5 Å². The number of nitrogens with zero attached hydrogens (tertiary/aromatic N) is 1. The quantitative estimate of drug-likeness (QED) is 0.569. The first-order valence-corrected chi connectivity index (χ1v) is 6.74. The number of furan rings is 1. The number of halogens is 2. The highest BCUT2D eigenvalue weighted by Gasteiger charge is 2.21. The molecule has 0 saturated heterocycles. The van der Waals surface area contributed by atoms with Gasteiger partial charge in [-0.05, 0) is 40.2 Å². The summed E-state index contributed by atoms with van der Waals surface area (Å²) in [6, 6.07) is 9.74. The Morgan fingerprint density at radius 1 is 1.30 bits per heavy atom. The Kier molecular flexibility index (Phi) is 3.52. The predicted molar refractivity (Wildman–Crippen MR) is 77.3 cm³/mol. The molecule has 0 aliphatic rings. The van der Waals surface area contributed by atoms with Crippen molar-refractivity contribution >= 4 is 26.9 Å². The van der Waals surface area contributed by atoms with E-state index >= 15 is 0 Å². The van der Waals surface area contributed by atoms with Crippen LogP contribution in [0.15, 0.2) is 51.5 Å². The number of hydrogen-bond acceptors (Lipinski definition) is 4. The fourth-order valence-electron chi connectivity index (χ4n) is 2.10. The van der Waals surface area contributed by atoms with Crippen LogP contribution in [-0.4, -0.2) is 4.98 Å². The Labute approximate surface area is 122 Å². The molecule has 3 aromatic rings. The highest BCUT2D eigenvalue weighted by Crippen LogP contribution is 2.31. The molecule has 0 fully saturated rings. The summed E-state index contributed by atoms with van der Waals surface area (Å²) in [5.74, 6) is 5.71. The molecule has 0 saturated carbocycles. The standard InChI is InChI=1S/C14H11BrFN3O/c15-9-4-2-6-18-12(9)13(19-17)11-7-8-3-1-5-10(16)14(8)20-11/h1-7,13,19H,17H2. The zero-order chi connectivity index (χ0) is 14.1. The van der Waals surface area contributed by atoms with E-state index in [1.54, 1.807) is 30.5 Å². The van der Waals surface area contributed by atoms with Crippen molar-refractivity contribution in [2.45, 2.75) is 6.04 Å². The molecule has 6 heteroatoms. The number of para-hydroxylation sites is 1. The molecule has 2 aromatic heterocycles. The maximum atomic E-state index is 13.7. The summed E-state index contributed by atoms with van der Waals surface area (Å²) in [5.41, 5.74) is 3.54. The van der Waals surface area contributed by atoms with Crippen molar-refractivity contribution in [2.24, 2.45) is 5.84 Å². The van der Waals surface area contributed by atoms with Gasteiger partial charge >= 0.3 is 0 Å². The molecule has 0 spiro atoms. The van der Waals surface area contributed by atoms with Crippen LogP contribution < -0.4 is 11.3 Å². The summed E-state index contributed by atoms with van der Waals surface area (Å²) >= 11 is 3.42. The SMILES string of the molecule is NNC(c1cc2cccc(F)c2o1)c1ncccc1Br. The summed E-state index contributed by atoms with van der Waals surface area (Å²) in [4.78, 5) is 4.28. The minimum atomic E-state index is -0.461. The average molecular weight is 336 g/mol. The van der Waals surface area contributed by atoms with Gasteiger partial charge in [-0.25, -0.2) is 9.82 Å². The second-order valence-corrected chi connectivity index (χ2v) is 5.13. The molecule has 4 nitrogen and oxygen atoms in total. The van der Waals surface area contributed by atoms with Gasteiger partial charge in [0.25, 0.3) is 0 Å². The van der Waals surface area contributed by atoms with E-state index in [1.165, 1.54) is 6.07 Å².